The van der Waals surface area contributed by atoms with Crippen molar-refractivity contribution in [1.29, 1.82) is 0 Å². The van der Waals surface area contributed by atoms with Crippen LogP contribution in [-0.2, 0) is 0 Å². The van der Waals surface area contributed by atoms with Gasteiger partial charge in [-0.15, -0.1) is 22.7 Å². The molecule has 0 saturated carbocycles. The van der Waals surface area contributed by atoms with Crippen LogP contribution in [0.15, 0.2) is 92.6 Å². The molecule has 180 valence electrons. The van der Waals surface area contributed by atoms with Gasteiger partial charge in [0.05, 0.1) is 22.1 Å². The molecule has 4 heterocycles. The number of thiophene rings is 2. The van der Waals surface area contributed by atoms with Crippen molar-refractivity contribution in [3.05, 3.63) is 102 Å². The van der Waals surface area contributed by atoms with Crippen LogP contribution >= 0.6 is 22.7 Å². The number of allylic oxidation sites excluding steroid dienone is 6. The number of hydrogen-bond donors (Lipinski definition) is 0. The van der Waals surface area contributed by atoms with Gasteiger partial charge in [0.2, 0.25) is 0 Å². The Bertz CT molecular complexity index is 1340. The molecule has 2 nitrogen and oxygen atoms in total. The summed E-state index contributed by atoms with van der Waals surface area (Å²) in [5.41, 5.74) is 8.70. The van der Waals surface area contributed by atoms with Crippen LogP contribution in [0.5, 0.6) is 0 Å². The minimum Gasteiger partial charge on any atom is -0.326 e. The van der Waals surface area contributed by atoms with Crippen LogP contribution in [0, 0.1) is 13.8 Å². The van der Waals surface area contributed by atoms with Crippen LogP contribution in [0.25, 0.3) is 0 Å². The number of rotatable bonds is 4. The third-order valence-electron chi connectivity index (χ3n) is 7.91. The third kappa shape index (κ3) is 3.31. The fourth-order valence-electron chi connectivity index (χ4n) is 6.72. The van der Waals surface area contributed by atoms with Crippen molar-refractivity contribution in [2.24, 2.45) is 0 Å². The van der Waals surface area contributed by atoms with E-state index in [0.717, 1.165) is 0 Å². The van der Waals surface area contributed by atoms with Crippen molar-refractivity contribution >= 4 is 40.7 Å². The first-order valence-electron chi connectivity index (χ1n) is 12.6. The number of fused-ring (bicyclic) bond motifs is 2. The SMILES string of the molecule is CC1=C([Si](C)(C)C2=C(C)C=C3C2=CC(C)N3c2ccc(C)s2)C2=CC(C)N(c3ccc(C)s3)C2=C1. The summed E-state index contributed by atoms with van der Waals surface area (Å²) in [4.78, 5) is 7.84. The van der Waals surface area contributed by atoms with Crippen LogP contribution in [0.1, 0.15) is 37.4 Å². The lowest BCUT2D eigenvalue weighted by atomic mass is 10.2. The topological polar surface area (TPSA) is 6.48 Å². The first-order chi connectivity index (χ1) is 16.6. The molecular formula is C30H34N2S2Si. The monoisotopic (exact) mass is 514 g/mol. The van der Waals surface area contributed by atoms with Gasteiger partial charge in [0.15, 0.2) is 0 Å². The van der Waals surface area contributed by atoms with Crippen molar-refractivity contribution in [3.8, 4) is 0 Å². The van der Waals surface area contributed by atoms with E-state index in [9.17, 15) is 0 Å². The normalized spacial score (nSPS) is 23.8. The highest BCUT2D eigenvalue weighted by molar-refractivity contribution is 7.16. The second-order valence-corrected chi connectivity index (χ2v) is 17.7. The van der Waals surface area contributed by atoms with Gasteiger partial charge >= 0.3 is 0 Å². The van der Waals surface area contributed by atoms with Crippen molar-refractivity contribution in [2.45, 2.75) is 66.7 Å². The zero-order valence-electron chi connectivity index (χ0n) is 22.0. The lowest BCUT2D eigenvalue weighted by molar-refractivity contribution is 0.877. The third-order valence-corrected chi connectivity index (χ3v) is 13.7. The van der Waals surface area contributed by atoms with Gasteiger partial charge in [-0.05, 0) is 111 Å². The predicted octanol–water partition coefficient (Wildman–Crippen LogP) is 8.61. The minimum atomic E-state index is -1.97. The van der Waals surface area contributed by atoms with Gasteiger partial charge in [0.1, 0.15) is 8.07 Å². The number of anilines is 2. The summed E-state index contributed by atoms with van der Waals surface area (Å²) in [6.45, 7) is 18.9. The van der Waals surface area contributed by atoms with Gasteiger partial charge < -0.3 is 9.80 Å². The molecule has 4 aliphatic rings. The summed E-state index contributed by atoms with van der Waals surface area (Å²) in [7, 11) is -1.97. The molecule has 0 spiro atoms. The molecule has 2 atom stereocenters. The number of nitrogens with zero attached hydrogens (tertiary/aromatic N) is 2. The molecule has 2 aromatic heterocycles. The highest BCUT2D eigenvalue weighted by Crippen LogP contribution is 2.53. The molecule has 35 heavy (non-hydrogen) atoms. The van der Waals surface area contributed by atoms with Gasteiger partial charge in [-0.25, -0.2) is 0 Å². The Morgan fingerprint density at radius 2 is 1.06 bits per heavy atom. The smallest absolute Gasteiger partial charge is 0.114 e. The molecule has 0 fully saturated rings. The Balaban J connectivity index is 1.36. The zero-order valence-corrected chi connectivity index (χ0v) is 24.6. The van der Waals surface area contributed by atoms with Crippen molar-refractivity contribution in [3.63, 3.8) is 0 Å². The highest BCUT2D eigenvalue weighted by Gasteiger charge is 2.46. The first-order valence-corrected chi connectivity index (χ1v) is 17.2. The summed E-state index contributed by atoms with van der Waals surface area (Å²) in [6, 6.07) is 9.84. The Morgan fingerprint density at radius 3 is 1.40 bits per heavy atom. The Kier molecular flexibility index (Phi) is 5.16. The fourth-order valence-corrected chi connectivity index (χ4v) is 12.8. The molecule has 2 unspecified atom stereocenters. The van der Waals surface area contributed by atoms with E-state index < -0.39 is 8.07 Å². The van der Waals surface area contributed by atoms with Crippen LogP contribution in [-0.4, -0.2) is 20.2 Å². The maximum atomic E-state index is 2.57. The number of hydrogen-bond acceptors (Lipinski definition) is 4. The van der Waals surface area contributed by atoms with Crippen LogP contribution in [0.4, 0.5) is 10.0 Å². The molecule has 6 rings (SSSR count). The van der Waals surface area contributed by atoms with E-state index in [0.29, 0.717) is 12.1 Å². The van der Waals surface area contributed by atoms with E-state index in [1.165, 1.54) is 53.4 Å². The average molecular weight is 515 g/mol. The van der Waals surface area contributed by atoms with Crippen molar-refractivity contribution in [2.75, 3.05) is 9.80 Å². The second-order valence-electron chi connectivity index (χ2n) is 11.0. The largest absolute Gasteiger partial charge is 0.326 e. The standard InChI is InChI=1S/C30H34N2S2Si/c1-17-13-25-23(15-19(3)31(25)27-11-9-21(5)33-27)29(17)35(7,8)30-18(2)14-26-24(30)16-20(4)32(26)28-12-10-22(6)34-28/h9-16,19-20H,1-8H3. The molecular weight excluding hydrogens is 481 g/mol. The van der Waals surface area contributed by atoms with Crippen LogP contribution < -0.4 is 9.80 Å². The molecule has 0 N–H and O–H groups in total. The molecule has 0 saturated heterocycles. The summed E-state index contributed by atoms with van der Waals surface area (Å²) >= 11 is 3.80. The van der Waals surface area contributed by atoms with E-state index in [4.69, 9.17) is 0 Å². The van der Waals surface area contributed by atoms with Gasteiger partial charge in [-0.3, -0.25) is 0 Å². The highest BCUT2D eigenvalue weighted by atomic mass is 32.1. The fraction of sp³-hybridized carbons (Fsp3) is 0.333. The maximum Gasteiger partial charge on any atom is 0.114 e. The Morgan fingerprint density at radius 1 is 0.657 bits per heavy atom. The van der Waals surface area contributed by atoms with E-state index in [2.05, 4.69) is 113 Å². The summed E-state index contributed by atoms with van der Waals surface area (Å²) in [6.07, 6.45) is 9.96. The predicted molar refractivity (Wildman–Crippen MR) is 157 cm³/mol. The van der Waals surface area contributed by atoms with E-state index in [-0.39, 0.29) is 0 Å². The van der Waals surface area contributed by atoms with Crippen molar-refractivity contribution in [1.82, 2.24) is 0 Å². The molecule has 0 amide bonds. The van der Waals surface area contributed by atoms with Gasteiger partial charge in [-0.2, -0.15) is 0 Å². The molecule has 2 aliphatic carbocycles. The lowest BCUT2D eigenvalue weighted by Crippen LogP contribution is -2.35. The molecule has 2 aliphatic heterocycles. The van der Waals surface area contributed by atoms with Crippen LogP contribution in [0.3, 0.4) is 0 Å². The van der Waals surface area contributed by atoms with Crippen molar-refractivity contribution < 1.29 is 0 Å². The molecule has 2 aromatic rings. The molecule has 0 bridgehead atoms. The van der Waals surface area contributed by atoms with Gasteiger partial charge in [-0.1, -0.05) is 25.2 Å². The Labute approximate surface area is 219 Å². The lowest BCUT2D eigenvalue weighted by Gasteiger charge is -2.31. The molecule has 0 aromatic carbocycles. The molecule has 0 radical (unpaired) electrons. The van der Waals surface area contributed by atoms with Gasteiger partial charge in [0, 0.05) is 21.1 Å². The maximum absolute atomic E-state index is 2.57. The average Bonchev–Trinajstić information content (AvgIpc) is 3.57. The van der Waals surface area contributed by atoms with Gasteiger partial charge in [0.25, 0.3) is 0 Å². The zero-order chi connectivity index (χ0) is 24.8. The van der Waals surface area contributed by atoms with Crippen LogP contribution in [0.2, 0.25) is 13.1 Å². The number of aryl methyl sites for hydroxylation is 2. The second kappa shape index (κ2) is 7.83. The first kappa shape index (κ1) is 23.1. The Hall–Kier alpha value is -2.34. The quantitative estimate of drug-likeness (QED) is 0.377. The molecule has 5 heteroatoms. The van der Waals surface area contributed by atoms with E-state index >= 15 is 0 Å². The summed E-state index contributed by atoms with van der Waals surface area (Å²) in [5, 5.41) is 5.96. The van der Waals surface area contributed by atoms with E-state index in [1.807, 2.05) is 22.7 Å². The summed E-state index contributed by atoms with van der Waals surface area (Å²) < 4.78 is 0. The summed E-state index contributed by atoms with van der Waals surface area (Å²) in [5.74, 6) is 0. The van der Waals surface area contributed by atoms with E-state index in [1.54, 1.807) is 10.4 Å². The minimum absolute atomic E-state index is 0.387.